The van der Waals surface area contributed by atoms with Gasteiger partial charge in [-0.15, -0.1) is 0 Å². The summed E-state index contributed by atoms with van der Waals surface area (Å²) < 4.78 is 25.2. The fraction of sp³-hybridized carbons (Fsp3) is 0.133. The Morgan fingerprint density at radius 1 is 1.05 bits per heavy atom. The summed E-state index contributed by atoms with van der Waals surface area (Å²) in [7, 11) is 0. The van der Waals surface area contributed by atoms with Crippen molar-refractivity contribution in [2.75, 3.05) is 13.2 Å². The van der Waals surface area contributed by atoms with Gasteiger partial charge in [0, 0.05) is 15.6 Å². The zero-order chi connectivity index (χ0) is 15.0. The molecule has 0 spiro atoms. The molecule has 6 heteroatoms. The van der Waals surface area contributed by atoms with Crippen molar-refractivity contribution in [2.45, 2.75) is 0 Å². The molecule has 0 saturated carbocycles. The van der Waals surface area contributed by atoms with Crippen molar-refractivity contribution < 1.29 is 18.7 Å². The molecule has 21 heavy (non-hydrogen) atoms. The van der Waals surface area contributed by atoms with E-state index in [-0.39, 0.29) is 15.8 Å². The molecule has 2 aromatic rings. The highest BCUT2D eigenvalue weighted by Crippen LogP contribution is 2.37. The van der Waals surface area contributed by atoms with Crippen LogP contribution in [-0.2, 0) is 0 Å². The maximum Gasteiger partial charge on any atom is 0.195 e. The number of fused-ring (bicyclic) bond motifs is 1. The lowest BCUT2D eigenvalue weighted by Crippen LogP contribution is -2.16. The summed E-state index contributed by atoms with van der Waals surface area (Å²) in [6.45, 7) is 0.911. The smallest absolute Gasteiger partial charge is 0.195 e. The van der Waals surface area contributed by atoms with Crippen molar-refractivity contribution in [1.82, 2.24) is 0 Å². The quantitative estimate of drug-likeness (QED) is 0.684. The molecule has 1 aliphatic heterocycles. The predicted octanol–water partition coefficient (Wildman–Crippen LogP) is 4.35. The summed E-state index contributed by atoms with van der Waals surface area (Å²) >= 11 is 6.46. The fourth-order valence-corrected chi connectivity index (χ4v) is 3.01. The number of carbonyl (C=O) groups excluding carboxylic acids is 1. The summed E-state index contributed by atoms with van der Waals surface area (Å²) in [5.74, 6) is 0.322. The lowest BCUT2D eigenvalue weighted by molar-refractivity contribution is 0.103. The molecule has 0 atom stereocenters. The summed E-state index contributed by atoms with van der Waals surface area (Å²) in [6, 6.07) is 7.66. The van der Waals surface area contributed by atoms with E-state index >= 15 is 0 Å². The van der Waals surface area contributed by atoms with Gasteiger partial charge in [0.05, 0.1) is 4.47 Å². The standard InChI is InChI=1S/C15H9Br2FO3/c16-10-7-13-12(20-4-5-21-13)6-9(10)15(19)8-2-1-3-11(18)14(8)17/h1-3,6-7H,4-5H2. The number of ether oxygens (including phenoxy) is 2. The third-order valence-electron chi connectivity index (χ3n) is 3.07. The summed E-state index contributed by atoms with van der Waals surface area (Å²) in [6.07, 6.45) is 0. The maximum absolute atomic E-state index is 13.6. The number of carbonyl (C=O) groups is 1. The van der Waals surface area contributed by atoms with Crippen molar-refractivity contribution in [1.29, 1.82) is 0 Å². The fourth-order valence-electron chi connectivity index (χ4n) is 2.06. The first-order valence-electron chi connectivity index (χ1n) is 6.16. The van der Waals surface area contributed by atoms with E-state index in [1.807, 2.05) is 0 Å². The van der Waals surface area contributed by atoms with Crippen molar-refractivity contribution >= 4 is 37.6 Å². The van der Waals surface area contributed by atoms with Gasteiger partial charge >= 0.3 is 0 Å². The molecule has 1 aliphatic rings. The molecule has 0 aliphatic carbocycles. The van der Waals surface area contributed by atoms with Gasteiger partial charge in [-0.05, 0) is 56.1 Å². The molecule has 0 bridgehead atoms. The van der Waals surface area contributed by atoms with E-state index < -0.39 is 5.82 Å². The Hall–Kier alpha value is -1.40. The van der Waals surface area contributed by atoms with Crippen LogP contribution in [0.4, 0.5) is 4.39 Å². The van der Waals surface area contributed by atoms with Gasteiger partial charge in [-0.1, -0.05) is 6.07 Å². The first-order chi connectivity index (χ1) is 10.1. The predicted molar refractivity (Wildman–Crippen MR) is 82.7 cm³/mol. The number of rotatable bonds is 2. The van der Waals surface area contributed by atoms with Crippen LogP contribution in [0.1, 0.15) is 15.9 Å². The van der Waals surface area contributed by atoms with Crippen LogP contribution in [0.25, 0.3) is 0 Å². The van der Waals surface area contributed by atoms with E-state index in [0.29, 0.717) is 34.7 Å². The Balaban J connectivity index is 2.07. The number of hydrogen-bond acceptors (Lipinski definition) is 3. The average molecular weight is 416 g/mol. The maximum atomic E-state index is 13.6. The lowest BCUT2D eigenvalue weighted by Gasteiger charge is -2.19. The Labute approximate surface area is 137 Å². The van der Waals surface area contributed by atoms with Gasteiger partial charge in [0.15, 0.2) is 17.3 Å². The Morgan fingerprint density at radius 2 is 1.71 bits per heavy atom. The SMILES string of the molecule is O=C(c1cc2c(cc1Br)OCCO2)c1cccc(F)c1Br. The highest BCUT2D eigenvalue weighted by Gasteiger charge is 2.21. The third kappa shape index (κ3) is 2.70. The summed E-state index contributed by atoms with van der Waals surface area (Å²) in [4.78, 5) is 12.6. The first-order valence-corrected chi connectivity index (χ1v) is 7.74. The molecule has 0 fully saturated rings. The van der Waals surface area contributed by atoms with Crippen LogP contribution < -0.4 is 9.47 Å². The normalized spacial score (nSPS) is 13.1. The molecular formula is C15H9Br2FO3. The summed E-state index contributed by atoms with van der Waals surface area (Å²) in [5.41, 5.74) is 0.651. The molecule has 1 heterocycles. The Morgan fingerprint density at radius 3 is 2.43 bits per heavy atom. The molecular weight excluding hydrogens is 407 g/mol. The molecule has 2 aromatic carbocycles. The molecule has 0 N–H and O–H groups in total. The van der Waals surface area contributed by atoms with Crippen LogP contribution in [0, 0.1) is 5.82 Å². The molecule has 108 valence electrons. The number of halogens is 3. The number of ketones is 1. The molecule has 0 radical (unpaired) electrons. The topological polar surface area (TPSA) is 35.5 Å². The molecule has 0 amide bonds. The van der Waals surface area contributed by atoms with Gasteiger partial charge in [-0.25, -0.2) is 4.39 Å². The van der Waals surface area contributed by atoms with E-state index in [9.17, 15) is 9.18 Å². The van der Waals surface area contributed by atoms with Crippen LogP contribution >= 0.6 is 31.9 Å². The Kier molecular flexibility index (Phi) is 3.99. The monoisotopic (exact) mass is 414 g/mol. The number of hydrogen-bond donors (Lipinski definition) is 0. The van der Waals surface area contributed by atoms with Gasteiger partial charge in [0.2, 0.25) is 0 Å². The van der Waals surface area contributed by atoms with Gasteiger partial charge in [-0.2, -0.15) is 0 Å². The largest absolute Gasteiger partial charge is 0.486 e. The van der Waals surface area contributed by atoms with E-state index in [0.717, 1.165) is 0 Å². The second-order valence-corrected chi connectivity index (χ2v) is 6.05. The zero-order valence-electron chi connectivity index (χ0n) is 10.7. The van der Waals surface area contributed by atoms with E-state index in [1.54, 1.807) is 18.2 Å². The van der Waals surface area contributed by atoms with Gasteiger partial charge in [0.25, 0.3) is 0 Å². The molecule has 0 unspecified atom stereocenters. The lowest BCUT2D eigenvalue weighted by atomic mass is 10.0. The Bertz CT molecular complexity index is 731. The number of benzene rings is 2. The minimum Gasteiger partial charge on any atom is -0.486 e. The van der Waals surface area contributed by atoms with E-state index in [4.69, 9.17) is 9.47 Å². The van der Waals surface area contributed by atoms with E-state index in [2.05, 4.69) is 31.9 Å². The molecule has 3 nitrogen and oxygen atoms in total. The van der Waals surface area contributed by atoms with E-state index in [1.165, 1.54) is 12.1 Å². The van der Waals surface area contributed by atoms with Gasteiger partial charge < -0.3 is 9.47 Å². The minimum atomic E-state index is -0.477. The van der Waals surface area contributed by atoms with Gasteiger partial charge in [-0.3, -0.25) is 4.79 Å². The van der Waals surface area contributed by atoms with Crippen molar-refractivity contribution in [2.24, 2.45) is 0 Å². The molecule has 0 saturated heterocycles. The second-order valence-electron chi connectivity index (χ2n) is 4.41. The van der Waals surface area contributed by atoms with Crippen LogP contribution in [0.15, 0.2) is 39.3 Å². The minimum absolute atomic E-state index is 0.150. The van der Waals surface area contributed by atoms with Crippen molar-refractivity contribution in [3.05, 3.63) is 56.2 Å². The highest BCUT2D eigenvalue weighted by molar-refractivity contribution is 9.11. The van der Waals surface area contributed by atoms with Crippen LogP contribution in [0.3, 0.4) is 0 Å². The van der Waals surface area contributed by atoms with Crippen LogP contribution in [0.5, 0.6) is 11.5 Å². The molecule has 3 rings (SSSR count). The molecule has 0 aromatic heterocycles. The van der Waals surface area contributed by atoms with Crippen molar-refractivity contribution in [3.63, 3.8) is 0 Å². The first kappa shape index (κ1) is 14.5. The third-order valence-corrected chi connectivity index (χ3v) is 4.53. The summed E-state index contributed by atoms with van der Waals surface area (Å²) in [5, 5.41) is 0. The van der Waals surface area contributed by atoms with Crippen LogP contribution in [0.2, 0.25) is 0 Å². The highest BCUT2D eigenvalue weighted by atomic mass is 79.9. The van der Waals surface area contributed by atoms with Crippen molar-refractivity contribution in [3.8, 4) is 11.5 Å². The van der Waals surface area contributed by atoms with Crippen LogP contribution in [-0.4, -0.2) is 19.0 Å². The zero-order valence-corrected chi connectivity index (χ0v) is 13.8. The van der Waals surface area contributed by atoms with Gasteiger partial charge in [0.1, 0.15) is 19.0 Å². The second kappa shape index (κ2) is 5.77. The average Bonchev–Trinajstić information content (AvgIpc) is 2.48.